The minimum absolute atomic E-state index is 0.0938. The van der Waals surface area contributed by atoms with Crippen molar-refractivity contribution in [2.24, 2.45) is 11.8 Å². The number of carbonyl (C=O) groups excluding carboxylic acids is 3. The Hall–Kier alpha value is -4.05. The quantitative estimate of drug-likeness (QED) is 0.142. The summed E-state index contributed by atoms with van der Waals surface area (Å²) >= 11 is 0. The first-order valence-corrected chi connectivity index (χ1v) is 13.8. The first-order valence-electron chi connectivity index (χ1n) is 13.8. The molecular weight excluding hydrogens is 568 g/mol. The van der Waals surface area contributed by atoms with Gasteiger partial charge in [-0.2, -0.15) is 0 Å². The summed E-state index contributed by atoms with van der Waals surface area (Å²) in [6.07, 6.45) is -0.171. The summed E-state index contributed by atoms with van der Waals surface area (Å²) in [4.78, 5) is 59.6. The van der Waals surface area contributed by atoms with Gasteiger partial charge in [-0.25, -0.2) is 0 Å². The Labute approximate surface area is 245 Å². The van der Waals surface area contributed by atoms with E-state index in [0.29, 0.717) is 25.9 Å². The minimum Gasteiger partial charge on any atom is -0.508 e. The third-order valence-electron chi connectivity index (χ3n) is 9.23. The zero-order chi connectivity index (χ0) is 31.6. The largest absolute Gasteiger partial charge is 0.508 e. The summed E-state index contributed by atoms with van der Waals surface area (Å²) in [6, 6.07) is 2.94. The Morgan fingerprint density at radius 2 is 1.84 bits per heavy atom. The molecule has 4 aliphatic rings. The van der Waals surface area contributed by atoms with E-state index in [1.807, 2.05) is 0 Å². The number of Topliss-reactive ketones (excluding diaryl/α,β-unsaturated/α-hetero) is 2. The number of ketones is 2. The molecule has 0 bridgehead atoms. The van der Waals surface area contributed by atoms with E-state index in [0.717, 1.165) is 0 Å². The maximum atomic E-state index is 14.1. The highest BCUT2D eigenvalue weighted by Crippen LogP contribution is 2.57. The van der Waals surface area contributed by atoms with Gasteiger partial charge in [0.25, 0.3) is 11.0 Å². The fourth-order valence-electron chi connectivity index (χ4n) is 7.05. The molecule has 1 heterocycles. The highest BCUT2D eigenvalue weighted by atomic mass is 17.0. The summed E-state index contributed by atoms with van der Waals surface area (Å²) in [5.74, 6) is -7.78. The van der Waals surface area contributed by atoms with Crippen LogP contribution in [0.1, 0.15) is 37.3 Å². The number of aliphatic hydroxyl groups is 4. The fourth-order valence-corrected chi connectivity index (χ4v) is 7.05. The van der Waals surface area contributed by atoms with Gasteiger partial charge in [-0.05, 0) is 51.9 Å². The van der Waals surface area contributed by atoms with Gasteiger partial charge in [0, 0.05) is 30.5 Å². The van der Waals surface area contributed by atoms with E-state index in [-0.39, 0.29) is 24.2 Å². The molecule has 5 rings (SSSR count). The molecule has 1 saturated heterocycles. The zero-order valence-electron chi connectivity index (χ0n) is 23.8. The Kier molecular flexibility index (Phi) is 7.49. The normalized spacial score (nSPS) is 31.4. The third kappa shape index (κ3) is 4.63. The lowest BCUT2D eigenvalue weighted by molar-refractivity contribution is -0.769. The number of carbonyl (C=O) groups is 3. The predicted molar refractivity (Wildman–Crippen MR) is 147 cm³/mol. The van der Waals surface area contributed by atoms with Crippen LogP contribution in [0.5, 0.6) is 5.75 Å². The number of phenols is 1. The molecule has 15 heteroatoms. The average Bonchev–Trinajstić information content (AvgIpc) is 2.92. The number of likely N-dealkylation sites (N-methyl/N-ethyl adjacent to an activating group) is 1. The smallest absolute Gasteiger partial charge is 0.294 e. The molecule has 15 nitrogen and oxygen atoms in total. The number of nitrogens with zero attached hydrogens (tertiary/aromatic N) is 3. The maximum Gasteiger partial charge on any atom is 0.294 e. The van der Waals surface area contributed by atoms with E-state index in [1.54, 1.807) is 4.90 Å². The fraction of sp³-hybridized carbons (Fsp3) is 0.536. The molecule has 1 saturated carbocycles. The number of hydrogen-bond donors (Lipinski definition) is 6. The maximum absolute atomic E-state index is 14.1. The van der Waals surface area contributed by atoms with Gasteiger partial charge in [0.2, 0.25) is 5.78 Å². The van der Waals surface area contributed by atoms with E-state index in [4.69, 9.17) is 0 Å². The van der Waals surface area contributed by atoms with Gasteiger partial charge < -0.3 is 35.7 Å². The molecular formula is C28H34N4O11. The minimum atomic E-state index is -2.81. The van der Waals surface area contributed by atoms with Crippen LogP contribution in [0, 0.1) is 22.0 Å². The molecule has 0 radical (unpaired) electrons. The Morgan fingerprint density at radius 1 is 1.19 bits per heavy atom. The monoisotopic (exact) mass is 602 g/mol. The summed E-state index contributed by atoms with van der Waals surface area (Å²) in [7, 11) is 3.02. The Bertz CT molecular complexity index is 1460. The number of aromatic hydroxyl groups is 1. The van der Waals surface area contributed by atoms with Gasteiger partial charge in [0.1, 0.15) is 28.9 Å². The van der Waals surface area contributed by atoms with E-state index in [2.05, 4.69) is 10.2 Å². The molecule has 1 aliphatic heterocycles. The van der Waals surface area contributed by atoms with E-state index in [9.17, 15) is 50.0 Å². The van der Waals surface area contributed by atoms with Crippen molar-refractivity contribution >= 4 is 23.2 Å². The van der Waals surface area contributed by atoms with Gasteiger partial charge in [0.15, 0.2) is 11.4 Å². The highest BCUT2D eigenvalue weighted by molar-refractivity contribution is 6.25. The number of nitrogens with one attached hydrogen (secondary N) is 1. The van der Waals surface area contributed by atoms with Crippen LogP contribution >= 0.6 is 0 Å². The first-order chi connectivity index (χ1) is 20.1. The molecule has 0 spiro atoms. The number of rotatable bonds is 6. The molecule has 1 aromatic rings. The van der Waals surface area contributed by atoms with E-state index in [1.165, 1.54) is 44.1 Å². The standard InChI is InChI=1S/C28H34N4O11/c1-27(39)14-5-4-6-17(33)18(14)22(34)19-15(27)11-16-21(30(2)3)23(35)20(25(37)28(16,40)24(19)36)26(38)29-12-31-9-7-13(8-10-31)43-32(41)42/h4-6,13,15-16,21,33-34,37,39-40H,7-12H2,1-3H3,(H,29,38)/t15-,16-,21-,27?,28-/m0/s1. The number of likely N-dealkylation sites (tertiary alicyclic amines) is 1. The van der Waals surface area contributed by atoms with Crippen LogP contribution in [0.4, 0.5) is 0 Å². The van der Waals surface area contributed by atoms with Crippen molar-refractivity contribution in [3.8, 4) is 5.75 Å². The zero-order valence-corrected chi connectivity index (χ0v) is 23.8. The van der Waals surface area contributed by atoms with Crippen molar-refractivity contribution in [1.29, 1.82) is 0 Å². The molecule has 5 atom stereocenters. The average molecular weight is 603 g/mol. The van der Waals surface area contributed by atoms with E-state index >= 15 is 0 Å². The lowest BCUT2D eigenvalue weighted by Crippen LogP contribution is -2.67. The van der Waals surface area contributed by atoms with Crippen molar-refractivity contribution < 1.29 is 49.8 Å². The second-order valence-electron chi connectivity index (χ2n) is 11.9. The van der Waals surface area contributed by atoms with Crippen molar-refractivity contribution in [2.45, 2.75) is 49.5 Å². The van der Waals surface area contributed by atoms with Crippen molar-refractivity contribution in [2.75, 3.05) is 33.9 Å². The van der Waals surface area contributed by atoms with Crippen LogP contribution in [0.15, 0.2) is 35.1 Å². The van der Waals surface area contributed by atoms with Crippen LogP contribution in [0.25, 0.3) is 5.76 Å². The molecule has 232 valence electrons. The SMILES string of the molecule is CN(C)[C@@H]1C(=O)C(C(=O)NCN2CCC(O[N+](=O)[O-])CC2)=C(O)[C@@]2(O)C(=O)C3=C(O)c4c(O)cccc4C(C)(O)[C@H]3C[C@@H]12. The van der Waals surface area contributed by atoms with E-state index < -0.39 is 86.2 Å². The second kappa shape index (κ2) is 10.6. The van der Waals surface area contributed by atoms with Crippen LogP contribution in [-0.4, -0.2) is 109 Å². The van der Waals surface area contributed by atoms with Crippen LogP contribution in [0.3, 0.4) is 0 Å². The number of fused-ring (bicyclic) bond motifs is 3. The number of hydrogen-bond acceptors (Lipinski definition) is 13. The third-order valence-corrected chi connectivity index (χ3v) is 9.23. The summed E-state index contributed by atoms with van der Waals surface area (Å²) < 4.78 is 0. The van der Waals surface area contributed by atoms with Gasteiger partial charge >= 0.3 is 0 Å². The van der Waals surface area contributed by atoms with Gasteiger partial charge in [-0.1, -0.05) is 12.1 Å². The van der Waals surface area contributed by atoms with Crippen molar-refractivity contribution in [1.82, 2.24) is 15.1 Å². The molecule has 1 aromatic carbocycles. The van der Waals surface area contributed by atoms with Crippen molar-refractivity contribution in [3.05, 3.63) is 56.3 Å². The van der Waals surface area contributed by atoms with Gasteiger partial charge in [-0.3, -0.25) is 24.2 Å². The molecule has 1 unspecified atom stereocenters. The number of aliphatic hydroxyl groups excluding tert-OH is 2. The number of amides is 1. The summed E-state index contributed by atoms with van der Waals surface area (Å²) in [5, 5.41) is 68.9. The Balaban J connectivity index is 1.50. The number of benzene rings is 1. The lowest BCUT2D eigenvalue weighted by Gasteiger charge is -2.53. The molecule has 6 N–H and O–H groups in total. The van der Waals surface area contributed by atoms with Gasteiger partial charge in [0.05, 0.1) is 23.9 Å². The van der Waals surface area contributed by atoms with Crippen LogP contribution in [0.2, 0.25) is 0 Å². The molecule has 43 heavy (non-hydrogen) atoms. The molecule has 1 amide bonds. The first kappa shape index (κ1) is 30.4. The molecule has 2 fully saturated rings. The van der Waals surface area contributed by atoms with Crippen molar-refractivity contribution in [3.63, 3.8) is 0 Å². The number of piperidine rings is 1. The second-order valence-corrected chi connectivity index (χ2v) is 11.9. The summed E-state index contributed by atoms with van der Waals surface area (Å²) in [5.41, 5.74) is -5.93. The predicted octanol–water partition coefficient (Wildman–Crippen LogP) is -0.110. The summed E-state index contributed by atoms with van der Waals surface area (Å²) in [6.45, 7) is 1.98. The van der Waals surface area contributed by atoms with Crippen LogP contribution in [-0.2, 0) is 24.8 Å². The highest BCUT2D eigenvalue weighted by Gasteiger charge is 2.66. The molecule has 0 aromatic heterocycles. The van der Waals surface area contributed by atoms with Crippen LogP contribution < -0.4 is 5.32 Å². The topological polar surface area (TPSA) is 223 Å². The number of phenolic OH excluding ortho intramolecular Hbond substituents is 1. The Morgan fingerprint density at radius 3 is 2.44 bits per heavy atom. The molecule has 3 aliphatic carbocycles. The van der Waals surface area contributed by atoms with Gasteiger partial charge in [-0.15, -0.1) is 10.1 Å². The lowest BCUT2D eigenvalue weighted by atomic mass is 9.54.